The lowest BCUT2D eigenvalue weighted by Crippen LogP contribution is -2.48. The quantitative estimate of drug-likeness (QED) is 0.924. The first kappa shape index (κ1) is 15.4. The number of rotatable bonds is 4. The van der Waals surface area contributed by atoms with Crippen LogP contribution in [0, 0.1) is 0 Å². The third-order valence-corrected chi connectivity index (χ3v) is 6.62. The lowest BCUT2D eigenvalue weighted by atomic mass is 10.0. The molecule has 0 spiro atoms. The second-order valence-corrected chi connectivity index (χ2v) is 8.03. The van der Waals surface area contributed by atoms with E-state index < -0.39 is 0 Å². The molecule has 2 aliphatic heterocycles. The van der Waals surface area contributed by atoms with Crippen LogP contribution in [0.15, 0.2) is 11.4 Å². The Kier molecular flexibility index (Phi) is 5.24. The van der Waals surface area contributed by atoms with E-state index in [4.69, 9.17) is 0 Å². The zero-order valence-electron chi connectivity index (χ0n) is 12.6. The Labute approximate surface area is 135 Å². The molecule has 2 aliphatic rings. The first-order valence-electron chi connectivity index (χ1n) is 8.00. The van der Waals surface area contributed by atoms with E-state index in [-0.39, 0.29) is 5.25 Å². The van der Waals surface area contributed by atoms with Gasteiger partial charge in [-0.2, -0.15) is 0 Å². The van der Waals surface area contributed by atoms with Crippen molar-refractivity contribution in [3.63, 3.8) is 0 Å². The summed E-state index contributed by atoms with van der Waals surface area (Å²) in [6.45, 7) is 5.16. The highest BCUT2D eigenvalue weighted by atomic mass is 32.2. The van der Waals surface area contributed by atoms with Crippen LogP contribution in [0.4, 0.5) is 0 Å². The third-order valence-electron chi connectivity index (χ3n) is 4.40. The van der Waals surface area contributed by atoms with E-state index >= 15 is 0 Å². The van der Waals surface area contributed by atoms with Crippen LogP contribution in [0.25, 0.3) is 0 Å². The smallest absolute Gasteiger partial charge is 0.240 e. The maximum Gasteiger partial charge on any atom is 0.240 e. The third kappa shape index (κ3) is 3.30. The molecule has 1 atom stereocenters. The minimum Gasteiger partial charge on any atom is -0.338 e. The first-order valence-corrected chi connectivity index (χ1v) is 9.93. The average molecular weight is 325 g/mol. The van der Waals surface area contributed by atoms with E-state index in [1.807, 2.05) is 23.1 Å². The van der Waals surface area contributed by atoms with Crippen molar-refractivity contribution in [2.24, 2.45) is 0 Å². The predicted molar refractivity (Wildman–Crippen MR) is 91.1 cm³/mol. The molecule has 0 saturated carbocycles. The maximum absolute atomic E-state index is 13.1. The maximum atomic E-state index is 13.1. The highest BCUT2D eigenvalue weighted by molar-refractivity contribution is 8.00. The van der Waals surface area contributed by atoms with Crippen molar-refractivity contribution >= 4 is 29.0 Å². The molecule has 1 amide bonds. The minimum absolute atomic E-state index is 0.0430. The molecule has 0 bridgehead atoms. The second-order valence-electron chi connectivity index (χ2n) is 5.81. The number of hydrogen-bond donors (Lipinski definition) is 1. The largest absolute Gasteiger partial charge is 0.338 e. The lowest BCUT2D eigenvalue weighted by molar-refractivity contribution is -0.133. The van der Waals surface area contributed by atoms with Crippen LogP contribution in [0.1, 0.15) is 41.9 Å². The van der Waals surface area contributed by atoms with Crippen molar-refractivity contribution in [1.82, 2.24) is 10.2 Å². The van der Waals surface area contributed by atoms with Crippen LogP contribution in [0.3, 0.4) is 0 Å². The molecule has 0 aromatic carbocycles. The van der Waals surface area contributed by atoms with Gasteiger partial charge in [0.2, 0.25) is 5.91 Å². The highest BCUT2D eigenvalue weighted by Crippen LogP contribution is 2.41. The number of thiophene rings is 1. The first-order chi connectivity index (χ1) is 10.3. The zero-order valence-corrected chi connectivity index (χ0v) is 14.3. The normalized spacial score (nSPS) is 22.8. The van der Waals surface area contributed by atoms with Gasteiger partial charge in [0.05, 0.1) is 0 Å². The van der Waals surface area contributed by atoms with Crippen LogP contribution >= 0.6 is 23.1 Å². The molecule has 1 fully saturated rings. The molecule has 1 N–H and O–H groups in total. The van der Waals surface area contributed by atoms with Gasteiger partial charge in [-0.1, -0.05) is 6.92 Å². The van der Waals surface area contributed by atoms with Crippen molar-refractivity contribution in [2.45, 2.75) is 43.9 Å². The number of thioether (sulfide) groups is 1. The summed E-state index contributed by atoms with van der Waals surface area (Å²) in [7, 11) is 0. The summed E-state index contributed by atoms with van der Waals surface area (Å²) in [4.78, 5) is 16.7. The number of nitrogens with one attached hydrogen (secondary N) is 1. The fourth-order valence-electron chi connectivity index (χ4n) is 3.33. The van der Waals surface area contributed by atoms with E-state index in [0.717, 1.165) is 51.1 Å². The molecule has 1 aromatic rings. The van der Waals surface area contributed by atoms with Crippen LogP contribution in [0.5, 0.6) is 0 Å². The van der Waals surface area contributed by atoms with Gasteiger partial charge in [0.1, 0.15) is 5.25 Å². The molecule has 116 valence electrons. The van der Waals surface area contributed by atoms with E-state index in [1.165, 1.54) is 10.4 Å². The summed E-state index contributed by atoms with van der Waals surface area (Å²) in [5.41, 5.74) is 1.29. The second kappa shape index (κ2) is 7.16. The Hall–Kier alpha value is -0.520. The summed E-state index contributed by atoms with van der Waals surface area (Å²) in [5.74, 6) is 1.43. The molecule has 5 heteroatoms. The monoisotopic (exact) mass is 324 g/mol. The molecular formula is C16H24N2OS2. The Morgan fingerprint density at radius 2 is 2.24 bits per heavy atom. The van der Waals surface area contributed by atoms with Crippen LogP contribution in [-0.2, 0) is 11.2 Å². The van der Waals surface area contributed by atoms with E-state index in [2.05, 4.69) is 28.6 Å². The predicted octanol–water partition coefficient (Wildman–Crippen LogP) is 3.07. The number of aryl methyl sites for hydroxylation is 1. The van der Waals surface area contributed by atoms with Crippen LogP contribution in [-0.4, -0.2) is 42.2 Å². The minimum atomic E-state index is 0.0430. The van der Waals surface area contributed by atoms with Crippen LogP contribution < -0.4 is 5.32 Å². The Balaban J connectivity index is 1.78. The number of fused-ring (bicyclic) bond motifs is 1. The van der Waals surface area contributed by atoms with Gasteiger partial charge in [-0.15, -0.1) is 23.1 Å². The number of carbonyl (C=O) groups is 1. The number of hydrogen-bond acceptors (Lipinski definition) is 4. The SMILES string of the molecule is CCCN(C(=O)C1SCCc2sccc21)C1CCNCC1. The van der Waals surface area contributed by atoms with Crippen molar-refractivity contribution in [1.29, 1.82) is 0 Å². The summed E-state index contributed by atoms with van der Waals surface area (Å²) in [5, 5.41) is 5.59. The molecular weight excluding hydrogens is 300 g/mol. The molecule has 0 radical (unpaired) electrons. The summed E-state index contributed by atoms with van der Waals surface area (Å²) in [6, 6.07) is 2.60. The summed E-state index contributed by atoms with van der Waals surface area (Å²) in [6.07, 6.45) is 4.37. The number of piperidine rings is 1. The fraction of sp³-hybridized carbons (Fsp3) is 0.688. The van der Waals surface area contributed by atoms with Gasteiger partial charge < -0.3 is 10.2 Å². The summed E-state index contributed by atoms with van der Waals surface area (Å²) >= 11 is 3.65. The molecule has 21 heavy (non-hydrogen) atoms. The van der Waals surface area contributed by atoms with Crippen molar-refractivity contribution in [3.8, 4) is 0 Å². The van der Waals surface area contributed by atoms with E-state index in [0.29, 0.717) is 11.9 Å². The summed E-state index contributed by atoms with van der Waals surface area (Å²) < 4.78 is 0. The fourth-order valence-corrected chi connectivity index (χ4v) is 5.69. The molecule has 0 aliphatic carbocycles. The molecule has 3 heterocycles. The number of carbonyl (C=O) groups excluding carboxylic acids is 1. The Bertz CT molecular complexity index is 482. The standard InChI is InChI=1S/C16H24N2OS2/c1-2-9-18(12-3-7-17-8-4-12)16(19)15-13-5-10-20-14(13)6-11-21-15/h5,10,12,15,17H,2-4,6-9,11H2,1H3. The van der Waals surface area contributed by atoms with Crippen molar-refractivity contribution in [3.05, 3.63) is 21.9 Å². The van der Waals surface area contributed by atoms with Gasteiger partial charge >= 0.3 is 0 Å². The highest BCUT2D eigenvalue weighted by Gasteiger charge is 2.34. The van der Waals surface area contributed by atoms with E-state index in [1.54, 1.807) is 0 Å². The van der Waals surface area contributed by atoms with Gasteiger partial charge in [-0.05, 0) is 61.5 Å². The van der Waals surface area contributed by atoms with Gasteiger partial charge in [0.15, 0.2) is 0 Å². The van der Waals surface area contributed by atoms with Gasteiger partial charge in [-0.25, -0.2) is 0 Å². The molecule has 1 saturated heterocycles. The molecule has 3 rings (SSSR count). The van der Waals surface area contributed by atoms with E-state index in [9.17, 15) is 4.79 Å². The van der Waals surface area contributed by atoms with Gasteiger partial charge in [0, 0.05) is 17.5 Å². The van der Waals surface area contributed by atoms with Crippen molar-refractivity contribution < 1.29 is 4.79 Å². The van der Waals surface area contributed by atoms with Crippen molar-refractivity contribution in [2.75, 3.05) is 25.4 Å². The molecule has 1 unspecified atom stereocenters. The Morgan fingerprint density at radius 3 is 3.00 bits per heavy atom. The molecule has 1 aromatic heterocycles. The zero-order chi connectivity index (χ0) is 14.7. The number of nitrogens with zero attached hydrogens (tertiary/aromatic N) is 1. The van der Waals surface area contributed by atoms with Gasteiger partial charge in [0.25, 0.3) is 0 Å². The lowest BCUT2D eigenvalue weighted by Gasteiger charge is -2.37. The molecule has 3 nitrogen and oxygen atoms in total. The number of amides is 1. The average Bonchev–Trinajstić information content (AvgIpc) is 3.01. The van der Waals surface area contributed by atoms with Gasteiger partial charge in [-0.3, -0.25) is 4.79 Å². The Morgan fingerprint density at radius 1 is 1.43 bits per heavy atom. The topological polar surface area (TPSA) is 32.3 Å². The van der Waals surface area contributed by atoms with Crippen LogP contribution in [0.2, 0.25) is 0 Å².